The first kappa shape index (κ1) is 15.3. The fourth-order valence-corrected chi connectivity index (χ4v) is 4.45. The summed E-state index contributed by atoms with van der Waals surface area (Å²) in [5, 5.41) is 9.01. The quantitative estimate of drug-likeness (QED) is 0.843. The lowest BCUT2D eigenvalue weighted by Crippen LogP contribution is -2.43. The number of hydrogen-bond acceptors (Lipinski definition) is 3. The van der Waals surface area contributed by atoms with Crippen molar-refractivity contribution in [2.75, 3.05) is 13.1 Å². The van der Waals surface area contributed by atoms with Gasteiger partial charge in [-0.1, -0.05) is 25.4 Å². The lowest BCUT2D eigenvalue weighted by molar-refractivity contribution is 0.187. The van der Waals surface area contributed by atoms with Crippen molar-refractivity contribution in [2.45, 2.75) is 31.6 Å². The number of rotatable bonds is 2. The Morgan fingerprint density at radius 2 is 2.10 bits per heavy atom. The van der Waals surface area contributed by atoms with Gasteiger partial charge in [0.1, 0.15) is 6.07 Å². The molecule has 1 saturated heterocycles. The molecule has 0 amide bonds. The number of piperidine rings is 1. The van der Waals surface area contributed by atoms with Gasteiger partial charge < -0.3 is 0 Å². The molecule has 1 aromatic carbocycles. The van der Waals surface area contributed by atoms with Gasteiger partial charge >= 0.3 is 0 Å². The van der Waals surface area contributed by atoms with Crippen LogP contribution in [0.5, 0.6) is 0 Å². The Hall–Kier alpha value is -1.09. The Kier molecular flexibility index (Phi) is 4.10. The Labute approximate surface area is 125 Å². The summed E-state index contributed by atoms with van der Waals surface area (Å²) in [6, 6.07) is 6.18. The monoisotopic (exact) mass is 312 g/mol. The summed E-state index contributed by atoms with van der Waals surface area (Å²) in [6.45, 7) is 5.18. The first-order valence-corrected chi connectivity index (χ1v) is 8.28. The van der Waals surface area contributed by atoms with Gasteiger partial charge in [-0.25, -0.2) is 8.42 Å². The van der Waals surface area contributed by atoms with E-state index >= 15 is 0 Å². The van der Waals surface area contributed by atoms with Gasteiger partial charge in [-0.05, 0) is 36.5 Å². The molecule has 0 spiro atoms. The summed E-state index contributed by atoms with van der Waals surface area (Å²) < 4.78 is 26.7. The van der Waals surface area contributed by atoms with Gasteiger partial charge in [-0.15, -0.1) is 0 Å². The molecule has 0 aliphatic carbocycles. The van der Waals surface area contributed by atoms with Gasteiger partial charge in [0.2, 0.25) is 10.0 Å². The van der Waals surface area contributed by atoms with E-state index in [0.717, 1.165) is 12.8 Å². The smallest absolute Gasteiger partial charge is 0.207 e. The molecule has 1 aromatic rings. The number of halogens is 1. The van der Waals surface area contributed by atoms with Crippen LogP contribution in [0.3, 0.4) is 0 Å². The van der Waals surface area contributed by atoms with Crippen molar-refractivity contribution in [2.24, 2.45) is 5.41 Å². The van der Waals surface area contributed by atoms with Crippen molar-refractivity contribution in [1.29, 1.82) is 5.26 Å². The fourth-order valence-electron chi connectivity index (χ4n) is 2.47. The Bertz CT molecular complexity index is 662. The molecule has 0 aromatic heterocycles. The van der Waals surface area contributed by atoms with Crippen LogP contribution in [0.25, 0.3) is 0 Å². The van der Waals surface area contributed by atoms with Gasteiger partial charge in [0, 0.05) is 13.1 Å². The second-order valence-electron chi connectivity index (χ2n) is 5.86. The van der Waals surface area contributed by atoms with E-state index < -0.39 is 10.0 Å². The highest BCUT2D eigenvalue weighted by atomic mass is 35.5. The van der Waals surface area contributed by atoms with Gasteiger partial charge in [-0.3, -0.25) is 0 Å². The molecule has 6 heteroatoms. The van der Waals surface area contributed by atoms with Gasteiger partial charge in [0.25, 0.3) is 0 Å². The molecule has 0 radical (unpaired) electrons. The Morgan fingerprint density at radius 3 is 2.65 bits per heavy atom. The molecule has 20 heavy (non-hydrogen) atoms. The minimum atomic E-state index is -3.54. The number of benzene rings is 1. The van der Waals surface area contributed by atoms with Gasteiger partial charge in [0.05, 0.1) is 15.5 Å². The minimum absolute atomic E-state index is 0.0122. The van der Waals surface area contributed by atoms with E-state index in [1.54, 1.807) is 0 Å². The largest absolute Gasteiger partial charge is 0.243 e. The SMILES string of the molecule is CC1(C)CCCN(S(=O)(=O)c2ccc(C#N)c(Cl)c2)C1. The maximum atomic E-state index is 12.6. The van der Waals surface area contributed by atoms with Crippen LogP contribution in [0.4, 0.5) is 0 Å². The van der Waals surface area contributed by atoms with Crippen molar-refractivity contribution in [3.8, 4) is 6.07 Å². The fraction of sp³-hybridized carbons (Fsp3) is 0.500. The number of nitrogens with zero attached hydrogens (tertiary/aromatic N) is 2. The van der Waals surface area contributed by atoms with Crippen molar-refractivity contribution in [1.82, 2.24) is 4.31 Å². The zero-order valence-electron chi connectivity index (χ0n) is 11.6. The molecule has 2 rings (SSSR count). The molecule has 1 fully saturated rings. The van der Waals surface area contributed by atoms with E-state index in [0.29, 0.717) is 13.1 Å². The van der Waals surface area contributed by atoms with Crippen LogP contribution in [-0.2, 0) is 10.0 Å². The topological polar surface area (TPSA) is 61.2 Å². The van der Waals surface area contributed by atoms with Crippen LogP contribution < -0.4 is 0 Å². The molecule has 1 heterocycles. The van der Waals surface area contributed by atoms with Crippen LogP contribution in [0, 0.1) is 16.7 Å². The molecule has 0 N–H and O–H groups in total. The highest BCUT2D eigenvalue weighted by molar-refractivity contribution is 7.89. The van der Waals surface area contributed by atoms with Crippen LogP contribution in [0.15, 0.2) is 23.1 Å². The van der Waals surface area contributed by atoms with E-state index in [1.807, 2.05) is 6.07 Å². The van der Waals surface area contributed by atoms with Gasteiger partial charge in [-0.2, -0.15) is 9.57 Å². The summed E-state index contributed by atoms with van der Waals surface area (Å²) in [6.07, 6.45) is 1.88. The third-order valence-corrected chi connectivity index (χ3v) is 5.72. The van der Waals surface area contributed by atoms with Crippen LogP contribution in [-0.4, -0.2) is 25.8 Å². The lowest BCUT2D eigenvalue weighted by Gasteiger charge is -2.37. The zero-order chi connectivity index (χ0) is 15.0. The third-order valence-electron chi connectivity index (χ3n) is 3.56. The summed E-state index contributed by atoms with van der Waals surface area (Å²) in [5.74, 6) is 0. The molecule has 1 aliphatic rings. The highest BCUT2D eigenvalue weighted by Crippen LogP contribution is 2.32. The number of nitriles is 1. The maximum Gasteiger partial charge on any atom is 0.243 e. The molecule has 108 valence electrons. The van der Waals surface area contributed by atoms with E-state index in [1.165, 1.54) is 22.5 Å². The summed E-state index contributed by atoms with van der Waals surface area (Å²) in [7, 11) is -3.54. The summed E-state index contributed by atoms with van der Waals surface area (Å²) >= 11 is 5.93. The summed E-state index contributed by atoms with van der Waals surface area (Å²) in [4.78, 5) is 0.152. The first-order chi connectivity index (χ1) is 9.26. The van der Waals surface area contributed by atoms with Gasteiger partial charge in [0.15, 0.2) is 0 Å². The third kappa shape index (κ3) is 2.98. The molecular weight excluding hydrogens is 296 g/mol. The maximum absolute atomic E-state index is 12.6. The normalized spacial score (nSPS) is 19.5. The molecule has 0 saturated carbocycles. The first-order valence-electron chi connectivity index (χ1n) is 6.46. The van der Waals surface area contributed by atoms with E-state index in [2.05, 4.69) is 13.8 Å². The minimum Gasteiger partial charge on any atom is -0.207 e. The molecule has 0 unspecified atom stereocenters. The lowest BCUT2D eigenvalue weighted by atomic mass is 9.85. The predicted molar refractivity (Wildman–Crippen MR) is 77.9 cm³/mol. The predicted octanol–water partition coefficient (Wildman–Crippen LogP) is 3.02. The van der Waals surface area contributed by atoms with Crippen molar-refractivity contribution in [3.05, 3.63) is 28.8 Å². The second kappa shape index (κ2) is 5.36. The Balaban J connectivity index is 2.36. The van der Waals surface area contributed by atoms with E-state index in [4.69, 9.17) is 16.9 Å². The van der Waals surface area contributed by atoms with E-state index in [-0.39, 0.29) is 20.9 Å². The molecular formula is C14H17ClN2O2S. The molecule has 1 aliphatic heterocycles. The summed E-state index contributed by atoms with van der Waals surface area (Å²) in [5.41, 5.74) is 0.270. The average molecular weight is 313 g/mol. The molecule has 0 atom stereocenters. The van der Waals surface area contributed by atoms with Crippen LogP contribution in [0.1, 0.15) is 32.3 Å². The second-order valence-corrected chi connectivity index (χ2v) is 8.20. The van der Waals surface area contributed by atoms with E-state index in [9.17, 15) is 8.42 Å². The van der Waals surface area contributed by atoms with Crippen molar-refractivity contribution >= 4 is 21.6 Å². The van der Waals surface area contributed by atoms with Crippen molar-refractivity contribution < 1.29 is 8.42 Å². The molecule has 0 bridgehead atoms. The number of sulfonamides is 1. The average Bonchev–Trinajstić information content (AvgIpc) is 2.37. The number of hydrogen-bond donors (Lipinski definition) is 0. The van der Waals surface area contributed by atoms with Crippen LogP contribution >= 0.6 is 11.6 Å². The highest BCUT2D eigenvalue weighted by Gasteiger charge is 2.34. The zero-order valence-corrected chi connectivity index (χ0v) is 13.1. The van der Waals surface area contributed by atoms with Crippen molar-refractivity contribution in [3.63, 3.8) is 0 Å². The Morgan fingerprint density at radius 1 is 1.40 bits per heavy atom. The molecule has 4 nitrogen and oxygen atoms in total. The standard InChI is InChI=1S/C14H17ClN2O2S/c1-14(2)6-3-7-17(10-14)20(18,19)12-5-4-11(9-16)13(15)8-12/h4-5,8H,3,6-7,10H2,1-2H3. The van der Waals surface area contributed by atoms with Crippen LogP contribution in [0.2, 0.25) is 5.02 Å².